The van der Waals surface area contributed by atoms with E-state index in [9.17, 15) is 9.90 Å². The van der Waals surface area contributed by atoms with Crippen LogP contribution in [0.3, 0.4) is 0 Å². The number of hydrogen-bond donors (Lipinski definition) is 1. The zero-order valence-electron chi connectivity index (χ0n) is 12.6. The van der Waals surface area contributed by atoms with Crippen molar-refractivity contribution in [1.82, 2.24) is 4.90 Å². The molecule has 1 saturated carbocycles. The van der Waals surface area contributed by atoms with E-state index in [0.29, 0.717) is 5.92 Å². The summed E-state index contributed by atoms with van der Waals surface area (Å²) in [6.07, 6.45) is 6.25. The Morgan fingerprint density at radius 1 is 1.10 bits per heavy atom. The van der Waals surface area contributed by atoms with Gasteiger partial charge in [-0.1, -0.05) is 56.0 Å². The highest BCUT2D eigenvalue weighted by Gasteiger charge is 2.42. The molecule has 1 aliphatic carbocycles. The third kappa shape index (κ3) is 3.13. The molecular weight excluding hydrogens is 262 g/mol. The van der Waals surface area contributed by atoms with E-state index in [0.717, 1.165) is 45.3 Å². The summed E-state index contributed by atoms with van der Waals surface area (Å²) in [6, 6.07) is 10.6. The van der Waals surface area contributed by atoms with Gasteiger partial charge in [-0.3, -0.25) is 4.79 Å². The molecule has 1 saturated heterocycles. The number of nitrogens with zero attached hydrogens (tertiary/aromatic N) is 1. The topological polar surface area (TPSA) is 40.5 Å². The van der Waals surface area contributed by atoms with Gasteiger partial charge in [-0.05, 0) is 18.4 Å². The standard InChI is InChI=1S/C18H25NO2/c20-17(21)18(10-6-1-2-7-11-18)14-19-12-16(13-19)15-8-4-3-5-9-15/h3-5,8-9,16H,1-2,6-7,10-14H2,(H,20,21). The molecule has 1 aromatic rings. The van der Waals surface area contributed by atoms with Crippen LogP contribution in [0.2, 0.25) is 0 Å². The van der Waals surface area contributed by atoms with Crippen LogP contribution in [-0.2, 0) is 4.79 Å². The Bertz CT molecular complexity index is 471. The summed E-state index contributed by atoms with van der Waals surface area (Å²) in [6.45, 7) is 2.77. The molecule has 0 atom stereocenters. The Morgan fingerprint density at radius 2 is 1.71 bits per heavy atom. The second kappa shape index (κ2) is 6.18. The molecule has 0 aromatic heterocycles. The van der Waals surface area contributed by atoms with E-state index in [1.807, 2.05) is 6.07 Å². The predicted molar refractivity (Wildman–Crippen MR) is 83.4 cm³/mol. The van der Waals surface area contributed by atoms with Gasteiger partial charge in [0, 0.05) is 25.6 Å². The van der Waals surface area contributed by atoms with Crippen molar-refractivity contribution in [3.05, 3.63) is 35.9 Å². The van der Waals surface area contributed by atoms with Gasteiger partial charge < -0.3 is 10.0 Å². The molecule has 3 heteroatoms. The largest absolute Gasteiger partial charge is 0.481 e. The van der Waals surface area contributed by atoms with Crippen LogP contribution in [0.25, 0.3) is 0 Å². The Balaban J connectivity index is 1.60. The Labute approximate surface area is 127 Å². The summed E-state index contributed by atoms with van der Waals surface area (Å²) in [5.74, 6) is 0.00961. The summed E-state index contributed by atoms with van der Waals surface area (Å²) in [5, 5.41) is 9.74. The van der Waals surface area contributed by atoms with Gasteiger partial charge in [0.15, 0.2) is 0 Å². The van der Waals surface area contributed by atoms with E-state index in [1.165, 1.54) is 18.4 Å². The lowest BCUT2D eigenvalue weighted by Gasteiger charge is -2.44. The summed E-state index contributed by atoms with van der Waals surface area (Å²) >= 11 is 0. The third-order valence-electron chi connectivity index (χ3n) is 5.27. The number of likely N-dealkylation sites (tertiary alicyclic amines) is 1. The molecule has 0 unspecified atom stereocenters. The maximum absolute atomic E-state index is 11.8. The zero-order chi connectivity index (χ0) is 14.7. The normalized spacial score (nSPS) is 23.2. The van der Waals surface area contributed by atoms with Crippen LogP contribution in [0.15, 0.2) is 30.3 Å². The SMILES string of the molecule is O=C(O)C1(CN2CC(c3ccccc3)C2)CCCCCC1. The van der Waals surface area contributed by atoms with Gasteiger partial charge in [-0.25, -0.2) is 0 Å². The number of carbonyl (C=O) groups is 1. The highest BCUT2D eigenvalue weighted by molar-refractivity contribution is 5.75. The van der Waals surface area contributed by atoms with Crippen molar-refractivity contribution in [2.24, 2.45) is 5.41 Å². The van der Waals surface area contributed by atoms with Crippen molar-refractivity contribution in [2.45, 2.75) is 44.4 Å². The second-order valence-electron chi connectivity index (χ2n) is 6.80. The molecule has 0 spiro atoms. The van der Waals surface area contributed by atoms with Gasteiger partial charge in [0.05, 0.1) is 5.41 Å². The molecule has 0 radical (unpaired) electrons. The molecule has 1 aliphatic heterocycles. The van der Waals surface area contributed by atoms with Crippen LogP contribution < -0.4 is 0 Å². The predicted octanol–water partition coefficient (Wildman–Crippen LogP) is 3.51. The lowest BCUT2D eigenvalue weighted by molar-refractivity contribution is -0.152. The van der Waals surface area contributed by atoms with Crippen molar-refractivity contribution >= 4 is 5.97 Å². The van der Waals surface area contributed by atoms with Crippen molar-refractivity contribution in [3.63, 3.8) is 0 Å². The molecule has 2 aliphatic rings. The van der Waals surface area contributed by atoms with Crippen LogP contribution in [0, 0.1) is 5.41 Å². The van der Waals surface area contributed by atoms with Crippen molar-refractivity contribution < 1.29 is 9.90 Å². The van der Waals surface area contributed by atoms with Gasteiger partial charge in [0.2, 0.25) is 0 Å². The summed E-state index contributed by atoms with van der Waals surface area (Å²) < 4.78 is 0. The molecule has 0 bridgehead atoms. The molecular formula is C18H25NO2. The molecule has 1 aromatic carbocycles. The molecule has 114 valence electrons. The minimum atomic E-state index is -0.576. The molecule has 3 nitrogen and oxygen atoms in total. The van der Waals surface area contributed by atoms with E-state index in [-0.39, 0.29) is 0 Å². The van der Waals surface area contributed by atoms with Crippen LogP contribution in [0.5, 0.6) is 0 Å². The fraction of sp³-hybridized carbons (Fsp3) is 0.611. The number of carboxylic acid groups (broad SMARTS) is 1. The number of rotatable bonds is 4. The van der Waals surface area contributed by atoms with Gasteiger partial charge in [0.25, 0.3) is 0 Å². The average molecular weight is 287 g/mol. The monoisotopic (exact) mass is 287 g/mol. The number of aliphatic carboxylic acids is 1. The number of benzene rings is 1. The van der Waals surface area contributed by atoms with E-state index >= 15 is 0 Å². The minimum Gasteiger partial charge on any atom is -0.481 e. The first-order chi connectivity index (χ1) is 10.2. The van der Waals surface area contributed by atoms with Gasteiger partial charge in [-0.2, -0.15) is 0 Å². The van der Waals surface area contributed by atoms with Crippen LogP contribution in [-0.4, -0.2) is 35.6 Å². The van der Waals surface area contributed by atoms with Crippen LogP contribution in [0.1, 0.15) is 50.0 Å². The molecule has 21 heavy (non-hydrogen) atoms. The van der Waals surface area contributed by atoms with E-state index in [4.69, 9.17) is 0 Å². The van der Waals surface area contributed by atoms with Crippen molar-refractivity contribution in [1.29, 1.82) is 0 Å². The second-order valence-corrected chi connectivity index (χ2v) is 6.80. The molecule has 3 rings (SSSR count). The van der Waals surface area contributed by atoms with Crippen molar-refractivity contribution in [3.8, 4) is 0 Å². The van der Waals surface area contributed by atoms with Crippen molar-refractivity contribution in [2.75, 3.05) is 19.6 Å². The van der Waals surface area contributed by atoms with Crippen LogP contribution in [0.4, 0.5) is 0 Å². The first kappa shape index (κ1) is 14.6. The smallest absolute Gasteiger partial charge is 0.310 e. The van der Waals surface area contributed by atoms with Gasteiger partial charge >= 0.3 is 5.97 Å². The summed E-state index contributed by atoms with van der Waals surface area (Å²) in [4.78, 5) is 14.2. The summed E-state index contributed by atoms with van der Waals surface area (Å²) in [5.41, 5.74) is 0.900. The molecule has 0 amide bonds. The summed E-state index contributed by atoms with van der Waals surface area (Å²) in [7, 11) is 0. The van der Waals surface area contributed by atoms with E-state index in [2.05, 4.69) is 29.2 Å². The van der Waals surface area contributed by atoms with E-state index in [1.54, 1.807) is 0 Å². The van der Waals surface area contributed by atoms with E-state index < -0.39 is 11.4 Å². The highest BCUT2D eigenvalue weighted by Crippen LogP contribution is 2.39. The maximum atomic E-state index is 11.8. The number of carboxylic acids is 1. The molecule has 1 heterocycles. The highest BCUT2D eigenvalue weighted by atomic mass is 16.4. The Morgan fingerprint density at radius 3 is 2.29 bits per heavy atom. The van der Waals surface area contributed by atoms with Gasteiger partial charge in [-0.15, -0.1) is 0 Å². The lowest BCUT2D eigenvalue weighted by atomic mass is 9.78. The molecule has 1 N–H and O–H groups in total. The quantitative estimate of drug-likeness (QED) is 0.862. The zero-order valence-corrected chi connectivity index (χ0v) is 12.6. The van der Waals surface area contributed by atoms with Gasteiger partial charge in [0.1, 0.15) is 0 Å². The fourth-order valence-corrected chi connectivity index (χ4v) is 3.91. The fourth-order valence-electron chi connectivity index (χ4n) is 3.91. The Hall–Kier alpha value is -1.35. The average Bonchev–Trinajstić information content (AvgIpc) is 2.70. The molecule has 2 fully saturated rings. The lowest BCUT2D eigenvalue weighted by Crippen LogP contribution is -2.52. The maximum Gasteiger partial charge on any atom is 0.310 e. The first-order valence-electron chi connectivity index (χ1n) is 8.20. The van der Waals surface area contributed by atoms with Crippen LogP contribution >= 0.6 is 0 Å². The number of hydrogen-bond acceptors (Lipinski definition) is 2. The third-order valence-corrected chi connectivity index (χ3v) is 5.27. The first-order valence-corrected chi connectivity index (χ1v) is 8.20. The Kier molecular flexibility index (Phi) is 4.29. The minimum absolute atomic E-state index is 0.488.